The van der Waals surface area contributed by atoms with E-state index in [1.54, 1.807) is 0 Å². The van der Waals surface area contributed by atoms with E-state index in [0.717, 1.165) is 0 Å². The molecule has 13 heavy (non-hydrogen) atoms. The summed E-state index contributed by atoms with van der Waals surface area (Å²) in [6, 6.07) is 4.39. The van der Waals surface area contributed by atoms with Gasteiger partial charge in [0, 0.05) is 6.54 Å². The van der Waals surface area contributed by atoms with Crippen LogP contribution in [0.5, 0.6) is 0 Å². The van der Waals surface area contributed by atoms with E-state index in [1.807, 2.05) is 0 Å². The summed E-state index contributed by atoms with van der Waals surface area (Å²) in [5.74, 6) is 0.604. The molecule has 0 heterocycles. The quantitative estimate of drug-likeness (QED) is 0.738. The summed E-state index contributed by atoms with van der Waals surface area (Å²) in [5.41, 5.74) is 11.1. The Morgan fingerprint density at radius 3 is 1.92 bits per heavy atom. The third-order valence-corrected chi connectivity index (χ3v) is 2.47. The van der Waals surface area contributed by atoms with Crippen LogP contribution in [0.25, 0.3) is 0 Å². The molecule has 72 valence electrons. The minimum atomic E-state index is 0.604. The summed E-state index contributed by atoms with van der Waals surface area (Å²) in [6.07, 6.45) is 0. The van der Waals surface area contributed by atoms with Gasteiger partial charge < -0.3 is 5.73 Å². The average Bonchev–Trinajstić information content (AvgIpc) is 2.02. The first kappa shape index (κ1) is 10.3. The Hall–Kier alpha value is -0.820. The van der Waals surface area contributed by atoms with E-state index in [0.29, 0.717) is 12.5 Å². The van der Waals surface area contributed by atoms with Gasteiger partial charge in [-0.3, -0.25) is 0 Å². The molecule has 1 aromatic rings. The maximum absolute atomic E-state index is 5.61. The Kier molecular flexibility index (Phi) is 3.10. The molecule has 0 amide bonds. The summed E-state index contributed by atoms with van der Waals surface area (Å²) >= 11 is 0. The standard InChI is InChI=1S/C12H19N/c1-8(2)12-9(3)5-11(7-13)6-10(12)4/h5-6,8H,7,13H2,1-4H3. The molecule has 0 bridgehead atoms. The minimum absolute atomic E-state index is 0.604. The Morgan fingerprint density at radius 1 is 1.15 bits per heavy atom. The summed E-state index contributed by atoms with van der Waals surface area (Å²) in [4.78, 5) is 0. The zero-order chi connectivity index (χ0) is 10.0. The lowest BCUT2D eigenvalue weighted by Gasteiger charge is -2.14. The first-order chi connectivity index (χ1) is 6.06. The molecule has 0 aliphatic heterocycles. The van der Waals surface area contributed by atoms with Gasteiger partial charge in [-0.05, 0) is 42.0 Å². The van der Waals surface area contributed by atoms with Crippen LogP contribution >= 0.6 is 0 Å². The van der Waals surface area contributed by atoms with Crippen LogP contribution in [0.1, 0.15) is 42.0 Å². The van der Waals surface area contributed by atoms with Gasteiger partial charge in [0.1, 0.15) is 0 Å². The molecule has 0 aromatic heterocycles. The maximum atomic E-state index is 5.61. The van der Waals surface area contributed by atoms with E-state index >= 15 is 0 Å². The van der Waals surface area contributed by atoms with Gasteiger partial charge in [0.2, 0.25) is 0 Å². The van der Waals surface area contributed by atoms with Crippen molar-refractivity contribution in [2.24, 2.45) is 5.73 Å². The molecule has 0 spiro atoms. The van der Waals surface area contributed by atoms with Crippen molar-refractivity contribution in [3.8, 4) is 0 Å². The lowest BCUT2D eigenvalue weighted by atomic mass is 9.91. The van der Waals surface area contributed by atoms with Gasteiger partial charge in [0.25, 0.3) is 0 Å². The van der Waals surface area contributed by atoms with Crippen molar-refractivity contribution in [2.45, 2.75) is 40.2 Å². The molecule has 0 atom stereocenters. The van der Waals surface area contributed by atoms with Crippen LogP contribution in [0, 0.1) is 13.8 Å². The van der Waals surface area contributed by atoms with Gasteiger partial charge in [-0.15, -0.1) is 0 Å². The summed E-state index contributed by atoms with van der Waals surface area (Å²) in [7, 11) is 0. The SMILES string of the molecule is Cc1cc(CN)cc(C)c1C(C)C. The minimum Gasteiger partial charge on any atom is -0.326 e. The highest BCUT2D eigenvalue weighted by Crippen LogP contribution is 2.24. The number of rotatable bonds is 2. The zero-order valence-electron chi connectivity index (χ0n) is 9.02. The van der Waals surface area contributed by atoms with Crippen LogP contribution in [0.3, 0.4) is 0 Å². The Bertz CT molecular complexity index is 277. The third kappa shape index (κ3) is 2.10. The molecule has 2 N–H and O–H groups in total. The van der Waals surface area contributed by atoms with Crippen LogP contribution < -0.4 is 5.73 Å². The van der Waals surface area contributed by atoms with Gasteiger partial charge in [0.05, 0.1) is 0 Å². The second-order valence-electron chi connectivity index (χ2n) is 4.00. The maximum Gasteiger partial charge on any atom is 0.0178 e. The van der Waals surface area contributed by atoms with Crippen molar-refractivity contribution in [1.29, 1.82) is 0 Å². The van der Waals surface area contributed by atoms with Crippen LogP contribution in [0.15, 0.2) is 12.1 Å². The fraction of sp³-hybridized carbons (Fsp3) is 0.500. The molecule has 1 rings (SSSR count). The van der Waals surface area contributed by atoms with E-state index in [-0.39, 0.29) is 0 Å². The summed E-state index contributed by atoms with van der Waals surface area (Å²) in [6.45, 7) is 9.44. The summed E-state index contributed by atoms with van der Waals surface area (Å²) in [5, 5.41) is 0. The van der Waals surface area contributed by atoms with Crippen molar-refractivity contribution in [3.63, 3.8) is 0 Å². The molecular weight excluding hydrogens is 158 g/mol. The number of hydrogen-bond acceptors (Lipinski definition) is 1. The molecular formula is C12H19N. The van der Waals surface area contributed by atoms with Crippen LogP contribution in [0.2, 0.25) is 0 Å². The second kappa shape index (κ2) is 3.93. The Morgan fingerprint density at radius 2 is 1.62 bits per heavy atom. The van der Waals surface area contributed by atoms with Gasteiger partial charge in [-0.25, -0.2) is 0 Å². The van der Waals surface area contributed by atoms with E-state index in [4.69, 9.17) is 5.73 Å². The largest absolute Gasteiger partial charge is 0.326 e. The molecule has 1 nitrogen and oxygen atoms in total. The van der Waals surface area contributed by atoms with Crippen molar-refractivity contribution in [3.05, 3.63) is 34.4 Å². The lowest BCUT2D eigenvalue weighted by Crippen LogP contribution is -2.02. The molecule has 0 aliphatic rings. The molecule has 0 radical (unpaired) electrons. The number of aryl methyl sites for hydroxylation is 2. The smallest absolute Gasteiger partial charge is 0.0178 e. The molecule has 0 saturated carbocycles. The Labute approximate surface area is 81.0 Å². The fourth-order valence-electron chi connectivity index (χ4n) is 2.09. The number of hydrogen-bond donors (Lipinski definition) is 1. The van der Waals surface area contributed by atoms with Gasteiger partial charge >= 0.3 is 0 Å². The fourth-order valence-corrected chi connectivity index (χ4v) is 2.09. The average molecular weight is 177 g/mol. The lowest BCUT2D eigenvalue weighted by molar-refractivity contribution is 0.842. The van der Waals surface area contributed by atoms with Crippen molar-refractivity contribution >= 4 is 0 Å². The van der Waals surface area contributed by atoms with Crippen molar-refractivity contribution < 1.29 is 0 Å². The topological polar surface area (TPSA) is 26.0 Å². The zero-order valence-corrected chi connectivity index (χ0v) is 9.02. The molecule has 0 saturated heterocycles. The molecule has 1 aromatic carbocycles. The van der Waals surface area contributed by atoms with Gasteiger partial charge in [-0.2, -0.15) is 0 Å². The van der Waals surface area contributed by atoms with Gasteiger partial charge in [-0.1, -0.05) is 26.0 Å². The first-order valence-electron chi connectivity index (χ1n) is 4.86. The van der Waals surface area contributed by atoms with E-state index in [9.17, 15) is 0 Å². The molecule has 0 aliphatic carbocycles. The van der Waals surface area contributed by atoms with E-state index in [2.05, 4.69) is 39.8 Å². The molecule has 1 heteroatoms. The predicted octanol–water partition coefficient (Wildman–Crippen LogP) is 2.89. The number of nitrogens with two attached hydrogens (primary N) is 1. The molecule has 0 fully saturated rings. The second-order valence-corrected chi connectivity index (χ2v) is 4.00. The number of benzene rings is 1. The normalized spacial score (nSPS) is 10.9. The summed E-state index contributed by atoms with van der Waals surface area (Å²) < 4.78 is 0. The highest BCUT2D eigenvalue weighted by molar-refractivity contribution is 5.39. The molecule has 0 unspecified atom stereocenters. The van der Waals surface area contributed by atoms with Crippen LogP contribution in [-0.4, -0.2) is 0 Å². The Balaban J connectivity index is 3.23. The van der Waals surface area contributed by atoms with Crippen molar-refractivity contribution in [2.75, 3.05) is 0 Å². The van der Waals surface area contributed by atoms with Gasteiger partial charge in [0.15, 0.2) is 0 Å². The highest BCUT2D eigenvalue weighted by atomic mass is 14.5. The predicted molar refractivity (Wildman–Crippen MR) is 57.9 cm³/mol. The third-order valence-electron chi connectivity index (χ3n) is 2.47. The van der Waals surface area contributed by atoms with Crippen LogP contribution in [-0.2, 0) is 6.54 Å². The van der Waals surface area contributed by atoms with E-state index in [1.165, 1.54) is 22.3 Å². The monoisotopic (exact) mass is 177 g/mol. The van der Waals surface area contributed by atoms with Crippen LogP contribution in [0.4, 0.5) is 0 Å². The first-order valence-corrected chi connectivity index (χ1v) is 4.86. The highest BCUT2D eigenvalue weighted by Gasteiger charge is 2.07. The van der Waals surface area contributed by atoms with E-state index < -0.39 is 0 Å². The van der Waals surface area contributed by atoms with Crippen molar-refractivity contribution in [1.82, 2.24) is 0 Å².